The summed E-state index contributed by atoms with van der Waals surface area (Å²) in [6, 6.07) is 6.81. The molecule has 1 aromatic carbocycles. The average Bonchev–Trinajstić information content (AvgIpc) is 2.32. The first-order chi connectivity index (χ1) is 7.75. The van der Waals surface area contributed by atoms with E-state index in [9.17, 15) is 0 Å². The molecule has 4 heteroatoms. The summed E-state index contributed by atoms with van der Waals surface area (Å²) in [6.07, 6.45) is 2.64. The maximum atomic E-state index is 6.06. The van der Waals surface area contributed by atoms with E-state index < -0.39 is 0 Å². The number of benzene rings is 1. The maximum Gasteiger partial charge on any atom is 0.0551 e. The van der Waals surface area contributed by atoms with Gasteiger partial charge in [-0.1, -0.05) is 17.7 Å². The van der Waals surface area contributed by atoms with Crippen molar-refractivity contribution in [3.8, 4) is 0 Å². The Bertz CT molecular complexity index is 353. The summed E-state index contributed by atoms with van der Waals surface area (Å²) in [7, 11) is 0. The van der Waals surface area contributed by atoms with Crippen LogP contribution < -0.4 is 5.32 Å². The van der Waals surface area contributed by atoms with E-state index in [4.69, 9.17) is 11.6 Å². The van der Waals surface area contributed by atoms with Gasteiger partial charge in [0, 0.05) is 22.8 Å². The third-order valence-electron chi connectivity index (χ3n) is 2.74. The monoisotopic (exact) mass is 319 g/mol. The van der Waals surface area contributed by atoms with Gasteiger partial charge in [0.1, 0.15) is 0 Å². The predicted molar refractivity (Wildman–Crippen MR) is 76.3 cm³/mol. The average molecular weight is 321 g/mol. The first-order valence-electron chi connectivity index (χ1n) is 5.51. The van der Waals surface area contributed by atoms with Gasteiger partial charge in [-0.3, -0.25) is 0 Å². The van der Waals surface area contributed by atoms with E-state index >= 15 is 0 Å². The summed E-state index contributed by atoms with van der Waals surface area (Å²) in [6.45, 7) is 0.915. The molecule has 0 aliphatic carbocycles. The molecule has 0 bridgehead atoms. The van der Waals surface area contributed by atoms with Crippen LogP contribution in [0.3, 0.4) is 0 Å². The Hall–Kier alpha value is 0.300. The van der Waals surface area contributed by atoms with Crippen LogP contribution in [-0.4, -0.2) is 17.5 Å². The third kappa shape index (κ3) is 3.66. The quantitative estimate of drug-likeness (QED) is 0.900. The van der Waals surface area contributed by atoms with Crippen molar-refractivity contribution in [2.45, 2.75) is 25.4 Å². The Balaban J connectivity index is 1.86. The molecule has 0 spiro atoms. The number of hydrogen-bond donors (Lipinski definition) is 1. The van der Waals surface area contributed by atoms with Crippen molar-refractivity contribution in [2.24, 2.45) is 0 Å². The molecule has 0 aromatic heterocycles. The van der Waals surface area contributed by atoms with Crippen LogP contribution in [0.4, 0.5) is 0 Å². The second kappa shape index (κ2) is 6.29. The normalized spacial score (nSPS) is 21.0. The molecule has 0 saturated carbocycles. The van der Waals surface area contributed by atoms with E-state index in [2.05, 4.69) is 27.3 Å². The fourth-order valence-electron chi connectivity index (χ4n) is 1.81. The van der Waals surface area contributed by atoms with Crippen molar-refractivity contribution < 1.29 is 0 Å². The Morgan fingerprint density at radius 3 is 3.06 bits per heavy atom. The van der Waals surface area contributed by atoms with E-state index in [-0.39, 0.29) is 0 Å². The molecule has 1 atom stereocenters. The van der Waals surface area contributed by atoms with Gasteiger partial charge < -0.3 is 5.32 Å². The van der Waals surface area contributed by atoms with Crippen LogP contribution in [0.15, 0.2) is 22.7 Å². The fourth-order valence-corrected chi connectivity index (χ4v) is 3.37. The van der Waals surface area contributed by atoms with Crippen LogP contribution in [0, 0.1) is 0 Å². The van der Waals surface area contributed by atoms with Crippen LogP contribution in [-0.2, 0) is 6.54 Å². The van der Waals surface area contributed by atoms with Gasteiger partial charge in [-0.25, -0.2) is 0 Å². The van der Waals surface area contributed by atoms with Crippen LogP contribution in [0.25, 0.3) is 0 Å². The molecule has 1 nitrogen and oxygen atoms in total. The molecule has 1 aliphatic rings. The highest BCUT2D eigenvalue weighted by atomic mass is 79.9. The number of halogens is 2. The van der Waals surface area contributed by atoms with Crippen molar-refractivity contribution in [3.05, 3.63) is 33.3 Å². The van der Waals surface area contributed by atoms with Gasteiger partial charge >= 0.3 is 0 Å². The zero-order valence-corrected chi connectivity index (χ0v) is 12.2. The van der Waals surface area contributed by atoms with Crippen molar-refractivity contribution in [3.63, 3.8) is 0 Å². The molecule has 88 valence electrons. The third-order valence-corrected chi connectivity index (χ3v) is 5.19. The summed E-state index contributed by atoms with van der Waals surface area (Å²) in [4.78, 5) is 0. The molecule has 1 N–H and O–H groups in total. The molecule has 1 fully saturated rings. The second-order valence-electron chi connectivity index (χ2n) is 4.04. The highest BCUT2D eigenvalue weighted by molar-refractivity contribution is 9.10. The molecule has 16 heavy (non-hydrogen) atoms. The summed E-state index contributed by atoms with van der Waals surface area (Å²) < 4.78 is 0.964. The predicted octanol–water partition coefficient (Wildman–Crippen LogP) is 4.09. The zero-order chi connectivity index (χ0) is 11.4. The molecule has 0 radical (unpaired) electrons. The minimum absolute atomic E-state index is 0.668. The van der Waals surface area contributed by atoms with E-state index in [1.54, 1.807) is 0 Å². The van der Waals surface area contributed by atoms with Crippen molar-refractivity contribution in [2.75, 3.05) is 11.5 Å². The summed E-state index contributed by atoms with van der Waals surface area (Å²) in [5.41, 5.74) is 1.25. The van der Waals surface area contributed by atoms with Gasteiger partial charge in [-0.2, -0.15) is 11.8 Å². The van der Waals surface area contributed by atoms with Gasteiger partial charge in [0.25, 0.3) is 0 Å². The minimum Gasteiger partial charge on any atom is -0.309 e. The molecule has 1 saturated heterocycles. The van der Waals surface area contributed by atoms with Crippen molar-refractivity contribution in [1.29, 1.82) is 0 Å². The lowest BCUT2D eigenvalue weighted by atomic mass is 10.1. The Kier molecular flexibility index (Phi) is 5.01. The number of thioether (sulfide) groups is 1. The van der Waals surface area contributed by atoms with Crippen LogP contribution in [0.2, 0.25) is 5.02 Å². The van der Waals surface area contributed by atoms with E-state index in [0.717, 1.165) is 16.0 Å². The van der Waals surface area contributed by atoms with Crippen LogP contribution >= 0.6 is 39.3 Å². The molecule has 1 unspecified atom stereocenters. The highest BCUT2D eigenvalue weighted by Crippen LogP contribution is 2.23. The van der Waals surface area contributed by atoms with Crippen molar-refractivity contribution in [1.82, 2.24) is 5.32 Å². The molecular formula is C12H15BrClNS. The van der Waals surface area contributed by atoms with Gasteiger partial charge in [-0.05, 0) is 52.2 Å². The molecule has 1 aliphatic heterocycles. The Labute approximate surface area is 114 Å². The summed E-state index contributed by atoms with van der Waals surface area (Å²) >= 11 is 11.5. The Morgan fingerprint density at radius 1 is 1.50 bits per heavy atom. The minimum atomic E-state index is 0.668. The fraction of sp³-hybridized carbons (Fsp3) is 0.500. The number of hydrogen-bond acceptors (Lipinski definition) is 2. The summed E-state index contributed by atoms with van der Waals surface area (Å²) in [5.74, 6) is 2.56. The highest BCUT2D eigenvalue weighted by Gasteiger charge is 2.12. The summed E-state index contributed by atoms with van der Waals surface area (Å²) in [5, 5.41) is 4.38. The number of nitrogens with one attached hydrogen (secondary N) is 1. The van der Waals surface area contributed by atoms with Crippen LogP contribution in [0.5, 0.6) is 0 Å². The maximum absolute atomic E-state index is 6.06. The van der Waals surface area contributed by atoms with E-state index in [0.29, 0.717) is 6.04 Å². The first-order valence-corrected chi connectivity index (χ1v) is 7.83. The topological polar surface area (TPSA) is 12.0 Å². The van der Waals surface area contributed by atoms with Gasteiger partial charge in [0.15, 0.2) is 0 Å². The van der Waals surface area contributed by atoms with E-state index in [1.165, 1.54) is 29.9 Å². The lowest BCUT2D eigenvalue weighted by Gasteiger charge is -2.22. The molecule has 1 aromatic rings. The smallest absolute Gasteiger partial charge is 0.0551 e. The number of rotatable bonds is 3. The molecular weight excluding hydrogens is 306 g/mol. The zero-order valence-electron chi connectivity index (χ0n) is 9.01. The van der Waals surface area contributed by atoms with Gasteiger partial charge in [0.05, 0.1) is 5.02 Å². The molecule has 0 amide bonds. The Morgan fingerprint density at radius 2 is 2.38 bits per heavy atom. The van der Waals surface area contributed by atoms with Gasteiger partial charge in [0.2, 0.25) is 0 Å². The lowest BCUT2D eigenvalue weighted by molar-refractivity contribution is 0.507. The van der Waals surface area contributed by atoms with E-state index in [1.807, 2.05) is 23.9 Å². The standard InChI is InChI=1S/C12H15BrClNS/c13-11-4-3-9(6-12(11)14)7-15-10-2-1-5-16-8-10/h3-4,6,10,15H,1-2,5,7-8H2. The van der Waals surface area contributed by atoms with Crippen molar-refractivity contribution >= 4 is 39.3 Å². The van der Waals surface area contributed by atoms with Crippen LogP contribution in [0.1, 0.15) is 18.4 Å². The largest absolute Gasteiger partial charge is 0.309 e. The molecule has 1 heterocycles. The second-order valence-corrected chi connectivity index (χ2v) is 6.45. The SMILES string of the molecule is Clc1cc(CNC2CCCSC2)ccc1Br. The van der Waals surface area contributed by atoms with Gasteiger partial charge in [-0.15, -0.1) is 0 Å². The molecule has 2 rings (SSSR count). The first kappa shape index (κ1) is 12.7. The lowest BCUT2D eigenvalue weighted by Crippen LogP contribution is -2.33.